The van der Waals surface area contributed by atoms with Crippen LogP contribution in [0.5, 0.6) is 0 Å². The monoisotopic (exact) mass is 422 g/mol. The molecule has 160 valence electrons. The first-order valence-electron chi connectivity index (χ1n) is 9.61. The van der Waals surface area contributed by atoms with Gasteiger partial charge in [-0.3, -0.25) is 9.89 Å². The highest BCUT2D eigenvalue weighted by Crippen LogP contribution is 2.24. The summed E-state index contributed by atoms with van der Waals surface area (Å²) >= 11 is 0. The number of rotatable bonds is 10. The molecule has 0 saturated carbocycles. The van der Waals surface area contributed by atoms with Gasteiger partial charge in [0.2, 0.25) is 10.0 Å². The van der Waals surface area contributed by atoms with Crippen molar-refractivity contribution in [2.45, 2.75) is 44.0 Å². The Labute approximate surface area is 172 Å². The quantitative estimate of drug-likeness (QED) is 0.564. The number of hydrogen-bond acceptors (Lipinski definition) is 6. The molecule has 0 aliphatic carbocycles. The fourth-order valence-corrected chi connectivity index (χ4v) is 4.87. The molecule has 1 aromatic carbocycles. The van der Waals surface area contributed by atoms with Gasteiger partial charge in [-0.05, 0) is 37.0 Å². The van der Waals surface area contributed by atoms with E-state index in [1.165, 1.54) is 16.6 Å². The summed E-state index contributed by atoms with van der Waals surface area (Å²) in [7, 11) is -0.340. The Hall–Kier alpha value is -2.46. The molecule has 0 unspecified atom stereocenters. The van der Waals surface area contributed by atoms with Crippen LogP contribution >= 0.6 is 0 Å². The van der Waals surface area contributed by atoms with Crippen molar-refractivity contribution < 1.29 is 13.2 Å². The number of nitrogens with zero attached hydrogens (tertiary/aromatic N) is 4. The van der Waals surface area contributed by atoms with E-state index in [2.05, 4.69) is 15.4 Å². The zero-order valence-electron chi connectivity index (χ0n) is 17.4. The van der Waals surface area contributed by atoms with Gasteiger partial charge in [-0.1, -0.05) is 31.5 Å². The smallest absolute Gasteiger partial charge is 0.273 e. The molecule has 3 N–H and O–H groups in total. The second-order valence-corrected chi connectivity index (χ2v) is 9.43. The Balaban J connectivity index is 2.09. The van der Waals surface area contributed by atoms with Gasteiger partial charge in [0.25, 0.3) is 5.91 Å². The summed E-state index contributed by atoms with van der Waals surface area (Å²) < 4.78 is 27.5. The van der Waals surface area contributed by atoms with Gasteiger partial charge in [-0.25, -0.2) is 8.42 Å². The number of amides is 1. The highest BCUT2D eigenvalue weighted by Gasteiger charge is 2.29. The summed E-state index contributed by atoms with van der Waals surface area (Å²) in [5.74, 6) is -0.107. The molecular formula is C19H30N6O3S. The zero-order valence-corrected chi connectivity index (χ0v) is 18.2. The maximum Gasteiger partial charge on any atom is 0.273 e. The van der Waals surface area contributed by atoms with Crippen LogP contribution < -0.4 is 5.73 Å². The minimum atomic E-state index is -3.66. The Morgan fingerprint density at radius 1 is 1.31 bits per heavy atom. The van der Waals surface area contributed by atoms with Crippen LogP contribution in [0.4, 0.5) is 5.69 Å². The van der Waals surface area contributed by atoms with Crippen LogP contribution in [0.2, 0.25) is 0 Å². The minimum Gasteiger partial charge on any atom is -0.399 e. The molecular weight excluding hydrogens is 392 g/mol. The summed E-state index contributed by atoms with van der Waals surface area (Å²) in [6, 6.07) is 6.15. The molecule has 29 heavy (non-hydrogen) atoms. The van der Waals surface area contributed by atoms with Crippen LogP contribution in [0.3, 0.4) is 0 Å². The van der Waals surface area contributed by atoms with Crippen LogP contribution in [0.1, 0.15) is 43.6 Å². The molecule has 0 bridgehead atoms. The second-order valence-electron chi connectivity index (χ2n) is 7.43. The highest BCUT2D eigenvalue weighted by atomic mass is 32.2. The number of hydrogen-bond donors (Lipinski definition) is 2. The topological polar surface area (TPSA) is 125 Å². The average molecular weight is 423 g/mol. The number of benzene rings is 1. The number of sulfonamides is 1. The lowest BCUT2D eigenvalue weighted by Gasteiger charge is -2.31. The van der Waals surface area contributed by atoms with Gasteiger partial charge in [0.05, 0.1) is 11.1 Å². The van der Waals surface area contributed by atoms with Crippen molar-refractivity contribution in [1.82, 2.24) is 24.6 Å². The molecule has 0 aliphatic heterocycles. The van der Waals surface area contributed by atoms with Crippen molar-refractivity contribution in [1.29, 1.82) is 0 Å². The third-order valence-electron chi connectivity index (χ3n) is 4.92. The molecule has 0 saturated heterocycles. The van der Waals surface area contributed by atoms with Crippen LogP contribution in [0, 0.1) is 5.92 Å². The van der Waals surface area contributed by atoms with E-state index in [1.807, 2.05) is 13.8 Å². The molecule has 2 rings (SSSR count). The molecule has 0 aliphatic rings. The maximum atomic E-state index is 13.1. The second kappa shape index (κ2) is 9.84. The zero-order chi connectivity index (χ0) is 21.6. The van der Waals surface area contributed by atoms with Gasteiger partial charge < -0.3 is 10.6 Å². The van der Waals surface area contributed by atoms with Gasteiger partial charge in [-0.2, -0.15) is 4.31 Å². The number of H-pyrrole nitrogens is 1. The van der Waals surface area contributed by atoms with Crippen LogP contribution in [-0.4, -0.2) is 65.6 Å². The number of nitrogens with one attached hydrogen (secondary N) is 1. The van der Waals surface area contributed by atoms with Gasteiger partial charge in [0, 0.05) is 32.4 Å². The molecule has 1 aromatic heterocycles. The standard InChI is InChI=1S/C19H30N6O3S/c1-5-7-16(25(4)29(27,28)17-9-6-8-15(20)11-17)10-14(2)13-24(3)19(26)18-12-21-23-22-18/h6,8-9,11-12,14,16H,5,7,10,13,20H2,1-4H3,(H,21,22,23)/t14-,16+/m0/s1. The lowest BCUT2D eigenvalue weighted by molar-refractivity contribution is 0.0762. The molecule has 0 fully saturated rings. The van der Waals surface area contributed by atoms with Crippen molar-refractivity contribution in [2.24, 2.45) is 5.92 Å². The first-order valence-corrected chi connectivity index (χ1v) is 11.1. The number of nitrogen functional groups attached to an aromatic ring is 1. The molecule has 2 atom stereocenters. The molecule has 9 nitrogen and oxygen atoms in total. The Morgan fingerprint density at radius 3 is 2.62 bits per heavy atom. The first-order chi connectivity index (χ1) is 13.7. The van der Waals surface area contributed by atoms with Crippen molar-refractivity contribution in [3.8, 4) is 0 Å². The van der Waals surface area contributed by atoms with Crippen molar-refractivity contribution in [3.05, 3.63) is 36.2 Å². The van der Waals surface area contributed by atoms with Crippen LogP contribution in [-0.2, 0) is 10.0 Å². The number of nitrogens with two attached hydrogens (primary N) is 1. The summed E-state index contributed by atoms with van der Waals surface area (Å²) in [5, 5.41) is 9.75. The van der Waals surface area contributed by atoms with Crippen molar-refractivity contribution >= 4 is 21.6 Å². The third kappa shape index (κ3) is 5.77. The van der Waals surface area contributed by atoms with E-state index in [1.54, 1.807) is 37.2 Å². The van der Waals surface area contributed by atoms with Gasteiger partial charge >= 0.3 is 0 Å². The van der Waals surface area contributed by atoms with E-state index >= 15 is 0 Å². The van der Waals surface area contributed by atoms with Crippen LogP contribution in [0.15, 0.2) is 35.4 Å². The number of aromatic amines is 1. The van der Waals surface area contributed by atoms with Crippen LogP contribution in [0.25, 0.3) is 0 Å². The van der Waals surface area contributed by atoms with E-state index in [0.717, 1.165) is 12.8 Å². The minimum absolute atomic E-state index is 0.0925. The summed E-state index contributed by atoms with van der Waals surface area (Å²) in [6.45, 7) is 4.53. The number of carbonyl (C=O) groups is 1. The summed E-state index contributed by atoms with van der Waals surface area (Å²) in [5.41, 5.74) is 6.50. The predicted octanol–water partition coefficient (Wildman–Crippen LogP) is 1.97. The van der Waals surface area contributed by atoms with Gasteiger partial charge in [0.15, 0.2) is 0 Å². The normalized spacial score (nSPS) is 14.0. The van der Waals surface area contributed by atoms with E-state index in [9.17, 15) is 13.2 Å². The SMILES string of the molecule is CCC[C@H](C[C@H](C)CN(C)C(=O)c1cnn[nH]1)N(C)S(=O)(=O)c1cccc(N)c1. The Kier molecular flexibility index (Phi) is 7.74. The molecule has 10 heteroatoms. The van der Waals surface area contributed by atoms with Gasteiger partial charge in [0.1, 0.15) is 5.69 Å². The molecule has 0 radical (unpaired) electrons. The largest absolute Gasteiger partial charge is 0.399 e. The summed E-state index contributed by atoms with van der Waals surface area (Å²) in [6.07, 6.45) is 3.59. The van der Waals surface area contributed by atoms with Crippen molar-refractivity contribution in [3.63, 3.8) is 0 Å². The molecule has 0 spiro atoms. The Bertz CT molecular complexity index is 900. The van der Waals surface area contributed by atoms with Gasteiger partial charge in [-0.15, -0.1) is 5.10 Å². The lowest BCUT2D eigenvalue weighted by atomic mass is 9.98. The van der Waals surface area contributed by atoms with E-state index in [4.69, 9.17) is 5.73 Å². The van der Waals surface area contributed by atoms with E-state index in [-0.39, 0.29) is 22.8 Å². The highest BCUT2D eigenvalue weighted by molar-refractivity contribution is 7.89. The Morgan fingerprint density at radius 2 is 2.03 bits per heavy atom. The number of anilines is 1. The molecule has 1 amide bonds. The number of aromatic nitrogens is 3. The summed E-state index contributed by atoms with van der Waals surface area (Å²) in [4.78, 5) is 14.1. The maximum absolute atomic E-state index is 13.1. The predicted molar refractivity (Wildman–Crippen MR) is 112 cm³/mol. The fourth-order valence-electron chi connectivity index (χ4n) is 3.42. The number of carbonyl (C=O) groups excluding carboxylic acids is 1. The average Bonchev–Trinajstić information content (AvgIpc) is 3.21. The van der Waals surface area contributed by atoms with E-state index in [0.29, 0.717) is 24.3 Å². The molecule has 1 heterocycles. The lowest BCUT2D eigenvalue weighted by Crippen LogP contribution is -2.40. The van der Waals surface area contributed by atoms with E-state index < -0.39 is 10.0 Å². The molecule has 2 aromatic rings. The third-order valence-corrected chi connectivity index (χ3v) is 6.83. The van der Waals surface area contributed by atoms with Crippen molar-refractivity contribution in [2.75, 3.05) is 26.4 Å². The fraction of sp³-hybridized carbons (Fsp3) is 0.526. The first kappa shape index (κ1) is 22.8.